The number of nitrogens with zero attached hydrogens (tertiary/aromatic N) is 1. The summed E-state index contributed by atoms with van der Waals surface area (Å²) in [4.78, 5) is 0. The number of pyridine rings is 1. The van der Waals surface area contributed by atoms with E-state index < -0.39 is 0 Å². The zero-order valence-corrected chi connectivity index (χ0v) is 23.7. The molecular formula is C32H58NO3+. The van der Waals surface area contributed by atoms with E-state index in [0.717, 1.165) is 26.0 Å². The average Bonchev–Trinajstić information content (AvgIpc) is 3.36. The van der Waals surface area contributed by atoms with Crippen LogP contribution >= 0.6 is 0 Å². The van der Waals surface area contributed by atoms with Crippen molar-refractivity contribution in [1.29, 1.82) is 0 Å². The highest BCUT2D eigenvalue weighted by Crippen LogP contribution is 2.19. The van der Waals surface area contributed by atoms with Crippen molar-refractivity contribution in [2.45, 2.75) is 154 Å². The van der Waals surface area contributed by atoms with Gasteiger partial charge in [0.15, 0.2) is 18.7 Å². The molecule has 1 fully saturated rings. The van der Waals surface area contributed by atoms with E-state index in [1.165, 1.54) is 116 Å². The lowest BCUT2D eigenvalue weighted by Gasteiger charge is -2.12. The lowest BCUT2D eigenvalue weighted by molar-refractivity contribution is -0.697. The van der Waals surface area contributed by atoms with Crippen LogP contribution in [0.5, 0.6) is 0 Å². The fraction of sp³-hybridized carbons (Fsp3) is 0.844. The van der Waals surface area contributed by atoms with E-state index in [2.05, 4.69) is 42.1 Å². The summed E-state index contributed by atoms with van der Waals surface area (Å²) in [7, 11) is 0. The van der Waals surface area contributed by atoms with Crippen LogP contribution in [0.3, 0.4) is 0 Å². The number of rotatable bonds is 25. The number of aryl methyl sites for hydroxylation is 1. The van der Waals surface area contributed by atoms with Crippen molar-refractivity contribution >= 4 is 0 Å². The molecule has 2 atom stereocenters. The monoisotopic (exact) mass is 504 g/mol. The normalized spacial score (nSPS) is 17.7. The van der Waals surface area contributed by atoms with Gasteiger partial charge < -0.3 is 14.2 Å². The third-order valence-electron chi connectivity index (χ3n) is 7.39. The Kier molecular flexibility index (Phi) is 20.1. The topological polar surface area (TPSA) is 31.6 Å². The van der Waals surface area contributed by atoms with Crippen molar-refractivity contribution in [3.63, 3.8) is 0 Å². The molecule has 208 valence electrons. The second-order valence-electron chi connectivity index (χ2n) is 10.9. The Morgan fingerprint density at radius 2 is 1.22 bits per heavy atom. The first-order valence-electron chi connectivity index (χ1n) is 15.7. The van der Waals surface area contributed by atoms with Gasteiger partial charge in [-0.15, -0.1) is 0 Å². The van der Waals surface area contributed by atoms with Gasteiger partial charge in [0.2, 0.25) is 0 Å². The highest BCUT2D eigenvalue weighted by molar-refractivity contribution is 4.83. The molecule has 2 rings (SSSR count). The lowest BCUT2D eigenvalue weighted by atomic mass is 10.0. The quantitative estimate of drug-likeness (QED) is 0.0987. The fourth-order valence-electron chi connectivity index (χ4n) is 5.08. The standard InChI is InChI=1S/C32H58NO3/c1-2-3-4-5-6-7-8-9-10-11-12-15-19-24-32-35-30-31(36-32)29-34-28-23-17-14-13-16-20-25-33-26-21-18-22-27-33/h18,21-22,26-27,31-32H,2-17,19-20,23-25,28-30H2,1H3/q+1/t31-,32-/m1/s1. The Balaban J connectivity index is 1.26. The van der Waals surface area contributed by atoms with Crippen LogP contribution in [-0.2, 0) is 20.8 Å². The maximum Gasteiger partial charge on any atom is 0.168 e. The largest absolute Gasteiger partial charge is 0.379 e. The summed E-state index contributed by atoms with van der Waals surface area (Å²) in [5, 5.41) is 0. The van der Waals surface area contributed by atoms with Gasteiger partial charge in [0.1, 0.15) is 12.6 Å². The summed E-state index contributed by atoms with van der Waals surface area (Å²) >= 11 is 0. The van der Waals surface area contributed by atoms with E-state index in [9.17, 15) is 0 Å². The minimum absolute atomic E-state index is 0.000331. The Labute approximate surface area is 223 Å². The molecule has 2 heterocycles. The Morgan fingerprint density at radius 1 is 0.667 bits per heavy atom. The molecule has 0 N–H and O–H groups in total. The van der Waals surface area contributed by atoms with Crippen LogP contribution in [0.15, 0.2) is 30.6 Å². The van der Waals surface area contributed by atoms with Crippen molar-refractivity contribution in [2.24, 2.45) is 0 Å². The number of ether oxygens (including phenoxy) is 3. The summed E-state index contributed by atoms with van der Waals surface area (Å²) in [6.45, 7) is 5.65. The molecule has 36 heavy (non-hydrogen) atoms. The molecule has 0 radical (unpaired) electrons. The molecule has 0 aromatic carbocycles. The van der Waals surface area contributed by atoms with Crippen LogP contribution in [0, 0.1) is 0 Å². The molecule has 0 bridgehead atoms. The molecule has 4 heteroatoms. The molecule has 1 aliphatic heterocycles. The maximum atomic E-state index is 6.03. The minimum Gasteiger partial charge on any atom is -0.379 e. The van der Waals surface area contributed by atoms with Crippen LogP contribution in [-0.4, -0.2) is 32.2 Å². The van der Waals surface area contributed by atoms with Crippen LogP contribution in [0.1, 0.15) is 135 Å². The van der Waals surface area contributed by atoms with Gasteiger partial charge in [0.25, 0.3) is 0 Å². The van der Waals surface area contributed by atoms with Crippen LogP contribution in [0.25, 0.3) is 0 Å². The minimum atomic E-state index is 0.000331. The highest BCUT2D eigenvalue weighted by atomic mass is 16.7. The molecule has 0 amide bonds. The average molecular weight is 505 g/mol. The van der Waals surface area contributed by atoms with Crippen molar-refractivity contribution in [1.82, 2.24) is 0 Å². The number of hydrogen-bond donors (Lipinski definition) is 0. The molecule has 1 saturated heterocycles. The predicted octanol–water partition coefficient (Wildman–Crippen LogP) is 8.55. The molecular weight excluding hydrogens is 446 g/mol. The molecule has 0 spiro atoms. The first-order chi connectivity index (χ1) is 17.9. The molecule has 0 unspecified atom stereocenters. The van der Waals surface area contributed by atoms with Gasteiger partial charge in [-0.05, 0) is 25.7 Å². The summed E-state index contributed by atoms with van der Waals surface area (Å²) in [5.41, 5.74) is 0. The van der Waals surface area contributed by atoms with E-state index in [4.69, 9.17) is 14.2 Å². The van der Waals surface area contributed by atoms with Gasteiger partial charge in [0.05, 0.1) is 13.2 Å². The number of unbranched alkanes of at least 4 members (excludes halogenated alkanes) is 17. The Hall–Kier alpha value is -0.970. The predicted molar refractivity (Wildman–Crippen MR) is 150 cm³/mol. The first kappa shape index (κ1) is 31.2. The Bertz CT molecular complexity index is 582. The zero-order valence-electron chi connectivity index (χ0n) is 23.7. The van der Waals surface area contributed by atoms with Gasteiger partial charge in [-0.2, -0.15) is 0 Å². The molecule has 1 aromatic heterocycles. The lowest BCUT2D eigenvalue weighted by Crippen LogP contribution is -2.32. The van der Waals surface area contributed by atoms with E-state index in [-0.39, 0.29) is 12.4 Å². The zero-order chi connectivity index (χ0) is 25.4. The van der Waals surface area contributed by atoms with Gasteiger partial charge >= 0.3 is 0 Å². The van der Waals surface area contributed by atoms with Gasteiger partial charge in [0, 0.05) is 25.2 Å². The van der Waals surface area contributed by atoms with Crippen molar-refractivity contribution in [2.75, 3.05) is 19.8 Å². The van der Waals surface area contributed by atoms with E-state index in [0.29, 0.717) is 13.2 Å². The summed E-state index contributed by atoms with van der Waals surface area (Å²) in [5.74, 6) is 0. The van der Waals surface area contributed by atoms with Gasteiger partial charge in [-0.3, -0.25) is 0 Å². The SMILES string of the molecule is CCCCCCCCCCCCCCC[C@@H]1OC[C@@H](COCCCCCCCC[n+]2ccccc2)O1. The van der Waals surface area contributed by atoms with Crippen molar-refractivity contribution in [3.8, 4) is 0 Å². The molecule has 0 aliphatic carbocycles. The smallest absolute Gasteiger partial charge is 0.168 e. The van der Waals surface area contributed by atoms with Gasteiger partial charge in [-0.1, -0.05) is 109 Å². The molecule has 1 aromatic rings. The van der Waals surface area contributed by atoms with Gasteiger partial charge in [-0.25, -0.2) is 4.57 Å². The molecule has 1 aliphatic rings. The third kappa shape index (κ3) is 17.5. The highest BCUT2D eigenvalue weighted by Gasteiger charge is 2.25. The fourth-order valence-corrected chi connectivity index (χ4v) is 5.08. The number of hydrogen-bond acceptors (Lipinski definition) is 3. The summed E-state index contributed by atoms with van der Waals surface area (Å²) in [6, 6.07) is 6.27. The maximum absolute atomic E-state index is 6.03. The first-order valence-corrected chi connectivity index (χ1v) is 15.7. The molecule has 0 saturated carbocycles. The summed E-state index contributed by atoms with van der Waals surface area (Å²) < 4.78 is 20.0. The van der Waals surface area contributed by atoms with Crippen LogP contribution in [0.2, 0.25) is 0 Å². The van der Waals surface area contributed by atoms with E-state index >= 15 is 0 Å². The second-order valence-corrected chi connectivity index (χ2v) is 10.9. The van der Waals surface area contributed by atoms with Crippen LogP contribution in [0.4, 0.5) is 0 Å². The van der Waals surface area contributed by atoms with Crippen LogP contribution < -0.4 is 4.57 Å². The number of aromatic nitrogens is 1. The summed E-state index contributed by atoms with van der Waals surface area (Å²) in [6.07, 6.45) is 31.2. The van der Waals surface area contributed by atoms with E-state index in [1.54, 1.807) is 0 Å². The van der Waals surface area contributed by atoms with E-state index in [1.807, 2.05) is 0 Å². The second kappa shape index (κ2) is 23.2. The van der Waals surface area contributed by atoms with Crippen molar-refractivity contribution in [3.05, 3.63) is 30.6 Å². The van der Waals surface area contributed by atoms with Crippen molar-refractivity contribution < 1.29 is 18.8 Å². The third-order valence-corrected chi connectivity index (χ3v) is 7.39. The molecule has 4 nitrogen and oxygen atoms in total. The Morgan fingerprint density at radius 3 is 1.86 bits per heavy atom.